The average Bonchev–Trinajstić information content (AvgIpc) is 3.24. The Morgan fingerprint density at radius 3 is 2.47 bits per heavy atom. The van der Waals surface area contributed by atoms with Gasteiger partial charge in [0.25, 0.3) is 5.56 Å². The second kappa shape index (κ2) is 9.36. The summed E-state index contributed by atoms with van der Waals surface area (Å²) in [6.45, 7) is 4.56. The van der Waals surface area contributed by atoms with Crippen molar-refractivity contribution in [2.24, 2.45) is 0 Å². The standard InChI is InChI=1S/C25H24N2O4S/c1-4-13-31-25(29)19-7-5-17(6-8-19)14-27-16(2)26-23-22(24(27)28)21(15-32-23)18-9-11-20(30-3)12-10-18/h5-12,15H,4,13-14H2,1-3H3. The summed E-state index contributed by atoms with van der Waals surface area (Å²) in [5.74, 6) is 1.08. The topological polar surface area (TPSA) is 70.4 Å². The summed E-state index contributed by atoms with van der Waals surface area (Å²) >= 11 is 1.47. The molecule has 0 aliphatic rings. The molecule has 0 saturated carbocycles. The first kappa shape index (κ1) is 21.8. The van der Waals surface area contributed by atoms with Crippen LogP contribution in [-0.2, 0) is 11.3 Å². The third kappa shape index (κ3) is 4.29. The van der Waals surface area contributed by atoms with Crippen molar-refractivity contribution in [3.63, 3.8) is 0 Å². The van der Waals surface area contributed by atoms with Gasteiger partial charge in [-0.05, 0) is 48.7 Å². The number of methoxy groups -OCH3 is 1. The molecule has 32 heavy (non-hydrogen) atoms. The van der Waals surface area contributed by atoms with Gasteiger partial charge < -0.3 is 9.47 Å². The summed E-state index contributed by atoms with van der Waals surface area (Å²) in [7, 11) is 1.63. The van der Waals surface area contributed by atoms with E-state index in [1.807, 2.05) is 55.6 Å². The van der Waals surface area contributed by atoms with E-state index in [1.54, 1.807) is 23.8 Å². The number of esters is 1. The number of aromatic nitrogens is 2. The molecule has 0 bridgehead atoms. The number of rotatable bonds is 7. The van der Waals surface area contributed by atoms with Crippen LogP contribution in [0.4, 0.5) is 0 Å². The van der Waals surface area contributed by atoms with Gasteiger partial charge in [-0.25, -0.2) is 9.78 Å². The van der Waals surface area contributed by atoms with Gasteiger partial charge in [0.15, 0.2) is 0 Å². The van der Waals surface area contributed by atoms with Gasteiger partial charge >= 0.3 is 5.97 Å². The zero-order valence-corrected chi connectivity index (χ0v) is 19.1. The van der Waals surface area contributed by atoms with Crippen LogP contribution < -0.4 is 10.3 Å². The molecule has 6 nitrogen and oxygen atoms in total. The first-order chi connectivity index (χ1) is 15.5. The number of carbonyl (C=O) groups is 1. The zero-order valence-electron chi connectivity index (χ0n) is 18.3. The number of benzene rings is 2. The molecule has 4 aromatic rings. The van der Waals surface area contributed by atoms with Crippen LogP contribution in [0.3, 0.4) is 0 Å². The van der Waals surface area contributed by atoms with E-state index in [0.717, 1.165) is 33.7 Å². The van der Waals surface area contributed by atoms with E-state index >= 15 is 0 Å². The Balaban J connectivity index is 1.67. The number of fused-ring (bicyclic) bond motifs is 1. The molecule has 0 N–H and O–H groups in total. The Kier molecular flexibility index (Phi) is 6.37. The Morgan fingerprint density at radius 1 is 1.09 bits per heavy atom. The number of hydrogen-bond acceptors (Lipinski definition) is 6. The van der Waals surface area contributed by atoms with Crippen molar-refractivity contribution < 1.29 is 14.3 Å². The minimum Gasteiger partial charge on any atom is -0.497 e. The van der Waals surface area contributed by atoms with Crippen LogP contribution in [0.5, 0.6) is 5.75 Å². The quantitative estimate of drug-likeness (QED) is 0.370. The lowest BCUT2D eigenvalue weighted by atomic mass is 10.1. The van der Waals surface area contributed by atoms with E-state index < -0.39 is 0 Å². The van der Waals surface area contributed by atoms with E-state index in [0.29, 0.717) is 29.9 Å². The summed E-state index contributed by atoms with van der Waals surface area (Å²) in [5.41, 5.74) is 3.14. The molecule has 2 aromatic carbocycles. The highest BCUT2D eigenvalue weighted by Crippen LogP contribution is 2.32. The molecule has 0 atom stereocenters. The molecular weight excluding hydrogens is 424 g/mol. The van der Waals surface area contributed by atoms with E-state index in [9.17, 15) is 9.59 Å². The van der Waals surface area contributed by atoms with Crippen LogP contribution in [0.25, 0.3) is 21.3 Å². The molecule has 4 rings (SSSR count). The van der Waals surface area contributed by atoms with Crippen LogP contribution in [0.15, 0.2) is 58.7 Å². The van der Waals surface area contributed by atoms with E-state index in [2.05, 4.69) is 4.98 Å². The number of aryl methyl sites for hydroxylation is 1. The molecule has 0 unspecified atom stereocenters. The van der Waals surface area contributed by atoms with Crippen LogP contribution >= 0.6 is 11.3 Å². The Morgan fingerprint density at radius 2 is 1.81 bits per heavy atom. The second-order valence-corrected chi connectivity index (χ2v) is 8.30. The van der Waals surface area contributed by atoms with Crippen molar-refractivity contribution in [1.82, 2.24) is 9.55 Å². The fourth-order valence-corrected chi connectivity index (χ4v) is 4.49. The van der Waals surface area contributed by atoms with Crippen molar-refractivity contribution in [3.05, 3.63) is 81.2 Å². The molecule has 2 heterocycles. The predicted octanol–water partition coefficient (Wildman–Crippen LogP) is 5.06. The van der Waals surface area contributed by atoms with Crippen molar-refractivity contribution in [3.8, 4) is 16.9 Å². The van der Waals surface area contributed by atoms with E-state index in [1.165, 1.54) is 11.3 Å². The van der Waals surface area contributed by atoms with E-state index in [-0.39, 0.29) is 11.5 Å². The molecule has 0 aliphatic carbocycles. The maximum atomic E-state index is 13.5. The molecule has 0 saturated heterocycles. The molecule has 0 aliphatic heterocycles. The number of ether oxygens (including phenoxy) is 2. The normalized spacial score (nSPS) is 11.0. The molecular formula is C25H24N2O4S. The third-order valence-electron chi connectivity index (χ3n) is 5.25. The van der Waals surface area contributed by atoms with Gasteiger partial charge in [0.05, 0.1) is 31.2 Å². The van der Waals surface area contributed by atoms with Crippen LogP contribution in [-0.4, -0.2) is 29.2 Å². The highest BCUT2D eigenvalue weighted by atomic mass is 32.1. The Bertz CT molecular complexity index is 1310. The largest absolute Gasteiger partial charge is 0.497 e. The lowest BCUT2D eigenvalue weighted by molar-refractivity contribution is 0.0505. The Hall–Kier alpha value is -3.45. The molecule has 2 aromatic heterocycles. The third-order valence-corrected chi connectivity index (χ3v) is 6.13. The molecule has 7 heteroatoms. The second-order valence-electron chi connectivity index (χ2n) is 7.44. The summed E-state index contributed by atoms with van der Waals surface area (Å²) in [4.78, 5) is 30.9. The maximum Gasteiger partial charge on any atom is 0.338 e. The number of thiophene rings is 1. The summed E-state index contributed by atoms with van der Waals surface area (Å²) < 4.78 is 12.1. The fourth-order valence-electron chi connectivity index (χ4n) is 3.50. The molecule has 0 spiro atoms. The number of hydrogen-bond donors (Lipinski definition) is 0. The summed E-state index contributed by atoms with van der Waals surface area (Å²) in [6, 6.07) is 14.8. The van der Waals surface area contributed by atoms with Crippen LogP contribution in [0, 0.1) is 6.92 Å². The number of nitrogens with zero attached hydrogens (tertiary/aromatic N) is 2. The highest BCUT2D eigenvalue weighted by Gasteiger charge is 2.16. The summed E-state index contributed by atoms with van der Waals surface area (Å²) in [6.07, 6.45) is 0.780. The lowest BCUT2D eigenvalue weighted by Gasteiger charge is -2.11. The van der Waals surface area contributed by atoms with Crippen LogP contribution in [0.2, 0.25) is 0 Å². The van der Waals surface area contributed by atoms with Crippen molar-refractivity contribution in [2.45, 2.75) is 26.8 Å². The minimum atomic E-state index is -0.336. The van der Waals surface area contributed by atoms with Crippen molar-refractivity contribution in [1.29, 1.82) is 0 Å². The van der Waals surface area contributed by atoms with Gasteiger partial charge in [-0.2, -0.15) is 0 Å². The van der Waals surface area contributed by atoms with Gasteiger partial charge in [-0.1, -0.05) is 31.2 Å². The SMILES string of the molecule is CCCOC(=O)c1ccc(Cn2c(C)nc3scc(-c4ccc(OC)cc4)c3c2=O)cc1. The average molecular weight is 449 g/mol. The molecule has 0 radical (unpaired) electrons. The fraction of sp³-hybridized carbons (Fsp3) is 0.240. The van der Waals surface area contributed by atoms with Gasteiger partial charge in [-0.3, -0.25) is 9.36 Å². The lowest BCUT2D eigenvalue weighted by Crippen LogP contribution is -2.24. The molecule has 0 fully saturated rings. The predicted molar refractivity (Wildman–Crippen MR) is 127 cm³/mol. The van der Waals surface area contributed by atoms with Gasteiger partial charge in [0.2, 0.25) is 0 Å². The first-order valence-electron chi connectivity index (χ1n) is 10.4. The van der Waals surface area contributed by atoms with Gasteiger partial charge in [0, 0.05) is 10.9 Å². The molecule has 0 amide bonds. The first-order valence-corrected chi connectivity index (χ1v) is 11.3. The van der Waals surface area contributed by atoms with Crippen molar-refractivity contribution in [2.75, 3.05) is 13.7 Å². The molecule has 164 valence electrons. The Labute approximate surface area is 190 Å². The van der Waals surface area contributed by atoms with Crippen LogP contribution in [0.1, 0.15) is 35.1 Å². The maximum absolute atomic E-state index is 13.5. The highest BCUT2D eigenvalue weighted by molar-refractivity contribution is 7.17. The summed E-state index contributed by atoms with van der Waals surface area (Å²) in [5, 5.41) is 2.59. The minimum absolute atomic E-state index is 0.0778. The van der Waals surface area contributed by atoms with Crippen molar-refractivity contribution >= 4 is 27.5 Å². The number of carbonyl (C=O) groups excluding carboxylic acids is 1. The zero-order chi connectivity index (χ0) is 22.7. The van der Waals surface area contributed by atoms with E-state index in [4.69, 9.17) is 9.47 Å². The monoisotopic (exact) mass is 448 g/mol. The van der Waals surface area contributed by atoms with Gasteiger partial charge in [0.1, 0.15) is 16.4 Å². The smallest absolute Gasteiger partial charge is 0.338 e. The van der Waals surface area contributed by atoms with Gasteiger partial charge in [-0.15, -0.1) is 11.3 Å².